The van der Waals surface area contributed by atoms with Crippen molar-refractivity contribution in [1.82, 2.24) is 9.55 Å². The van der Waals surface area contributed by atoms with Crippen LogP contribution in [0.2, 0.25) is 0 Å². The van der Waals surface area contributed by atoms with E-state index in [1.165, 1.54) is 5.56 Å². The van der Waals surface area contributed by atoms with E-state index in [1.54, 1.807) is 4.57 Å². The van der Waals surface area contributed by atoms with Gasteiger partial charge < -0.3 is 4.98 Å². The molecule has 3 nitrogen and oxygen atoms in total. The molecule has 0 saturated heterocycles. The van der Waals surface area contributed by atoms with E-state index in [9.17, 15) is 4.79 Å². The summed E-state index contributed by atoms with van der Waals surface area (Å²) in [6.07, 6.45) is 0.956. The predicted octanol–water partition coefficient (Wildman–Crippen LogP) is 1.65. The maximum Gasteiger partial charge on any atom is 0.326 e. The molecule has 3 rings (SSSR count). The van der Waals surface area contributed by atoms with Crippen LogP contribution in [-0.2, 0) is 13.0 Å². The fourth-order valence-corrected chi connectivity index (χ4v) is 2.50. The van der Waals surface area contributed by atoms with E-state index < -0.39 is 0 Å². The summed E-state index contributed by atoms with van der Waals surface area (Å²) in [6.45, 7) is 0.802. The van der Waals surface area contributed by atoms with Gasteiger partial charge in [0.2, 0.25) is 0 Å². The van der Waals surface area contributed by atoms with Crippen LogP contribution in [0.15, 0.2) is 21.4 Å². The Morgan fingerprint density at radius 2 is 2.31 bits per heavy atom. The first kappa shape index (κ1) is 7.38. The largest absolute Gasteiger partial charge is 0.326 e. The minimum atomic E-state index is 0.00634. The molecule has 1 aromatic carbocycles. The predicted molar refractivity (Wildman–Crippen MR) is 54.0 cm³/mol. The van der Waals surface area contributed by atoms with Gasteiger partial charge in [0.25, 0.3) is 0 Å². The lowest BCUT2D eigenvalue weighted by molar-refractivity contribution is 0.732. The van der Waals surface area contributed by atoms with E-state index in [0.717, 1.165) is 28.5 Å². The number of hydrogen-bond acceptors (Lipinski definition) is 1. The minimum Gasteiger partial charge on any atom is -0.306 e. The number of aromatic amines is 1. The number of H-pyrrole nitrogens is 1. The van der Waals surface area contributed by atoms with Crippen molar-refractivity contribution in [3.63, 3.8) is 0 Å². The Morgan fingerprint density at radius 3 is 3.15 bits per heavy atom. The highest BCUT2D eigenvalue weighted by Gasteiger charge is 2.19. The molecule has 0 radical (unpaired) electrons. The highest BCUT2D eigenvalue weighted by molar-refractivity contribution is 9.10. The van der Waals surface area contributed by atoms with Crippen LogP contribution in [0.25, 0.3) is 11.0 Å². The summed E-state index contributed by atoms with van der Waals surface area (Å²) < 4.78 is 2.90. The maximum atomic E-state index is 11.4. The van der Waals surface area contributed by atoms with Crippen molar-refractivity contribution in [3.8, 4) is 0 Å². The Bertz CT molecular complexity index is 552. The fourth-order valence-electron chi connectivity index (χ4n) is 1.98. The van der Waals surface area contributed by atoms with Gasteiger partial charge in [-0.3, -0.25) is 4.57 Å². The minimum absolute atomic E-state index is 0.00634. The highest BCUT2D eigenvalue weighted by atomic mass is 79.9. The topological polar surface area (TPSA) is 37.8 Å². The summed E-state index contributed by atoms with van der Waals surface area (Å²) in [5, 5.41) is 0. The van der Waals surface area contributed by atoms with Crippen molar-refractivity contribution in [3.05, 3.63) is 32.7 Å². The maximum absolute atomic E-state index is 11.4. The number of aromatic nitrogens is 2. The van der Waals surface area contributed by atoms with E-state index in [2.05, 4.69) is 20.9 Å². The average Bonchev–Trinajstić information content (AvgIpc) is 2.64. The first-order chi connectivity index (χ1) is 6.27. The molecule has 1 N–H and O–H groups in total. The van der Waals surface area contributed by atoms with Crippen molar-refractivity contribution in [2.45, 2.75) is 13.0 Å². The summed E-state index contributed by atoms with van der Waals surface area (Å²) in [6, 6.07) is 3.93. The van der Waals surface area contributed by atoms with Gasteiger partial charge in [0.15, 0.2) is 0 Å². The van der Waals surface area contributed by atoms with Gasteiger partial charge in [-0.05, 0) is 24.1 Å². The molecule has 0 saturated carbocycles. The van der Waals surface area contributed by atoms with Crippen LogP contribution in [0.1, 0.15) is 5.56 Å². The zero-order valence-corrected chi connectivity index (χ0v) is 8.39. The first-order valence-electron chi connectivity index (χ1n) is 4.17. The number of rotatable bonds is 0. The zero-order valence-electron chi connectivity index (χ0n) is 6.80. The molecule has 66 valence electrons. The monoisotopic (exact) mass is 238 g/mol. The van der Waals surface area contributed by atoms with Crippen molar-refractivity contribution in [2.75, 3.05) is 0 Å². The number of nitrogens with one attached hydrogen (secondary N) is 1. The second-order valence-electron chi connectivity index (χ2n) is 3.25. The smallest absolute Gasteiger partial charge is 0.306 e. The molecule has 2 heterocycles. The van der Waals surface area contributed by atoms with Gasteiger partial charge in [0, 0.05) is 11.0 Å². The van der Waals surface area contributed by atoms with Crippen LogP contribution >= 0.6 is 15.9 Å². The number of nitrogens with zero attached hydrogens (tertiary/aromatic N) is 1. The molecule has 13 heavy (non-hydrogen) atoms. The second-order valence-corrected chi connectivity index (χ2v) is 4.11. The van der Waals surface area contributed by atoms with Crippen LogP contribution in [0.3, 0.4) is 0 Å². The lowest BCUT2D eigenvalue weighted by Gasteiger charge is -1.96. The standard InChI is InChI=1S/C9H7BrN2O/c10-6-1-2-7-8-5(6)3-4-12(8)9(13)11-7/h1-2H,3-4H2,(H,11,13). The molecule has 1 aliphatic rings. The summed E-state index contributed by atoms with van der Waals surface area (Å²) in [7, 11) is 0. The van der Waals surface area contributed by atoms with E-state index in [-0.39, 0.29) is 5.69 Å². The molecule has 4 heteroatoms. The molecule has 0 atom stereocenters. The molecule has 0 fully saturated rings. The second kappa shape index (κ2) is 2.26. The van der Waals surface area contributed by atoms with Crippen LogP contribution < -0.4 is 5.69 Å². The summed E-state index contributed by atoms with van der Waals surface area (Å²) in [4.78, 5) is 14.2. The summed E-state index contributed by atoms with van der Waals surface area (Å²) in [5.41, 5.74) is 3.27. The van der Waals surface area contributed by atoms with Gasteiger partial charge in [0.1, 0.15) is 0 Å². The van der Waals surface area contributed by atoms with Gasteiger partial charge in [-0.15, -0.1) is 0 Å². The Balaban J connectivity index is 2.64. The Labute approximate surface area is 82.5 Å². The quantitative estimate of drug-likeness (QED) is 0.745. The van der Waals surface area contributed by atoms with Crippen molar-refractivity contribution in [2.24, 2.45) is 0 Å². The number of aryl methyl sites for hydroxylation is 2. The van der Waals surface area contributed by atoms with Crippen molar-refractivity contribution < 1.29 is 0 Å². The fraction of sp³-hybridized carbons (Fsp3) is 0.222. The van der Waals surface area contributed by atoms with Gasteiger partial charge >= 0.3 is 5.69 Å². The van der Waals surface area contributed by atoms with Crippen LogP contribution in [0.4, 0.5) is 0 Å². The van der Waals surface area contributed by atoms with Gasteiger partial charge in [-0.25, -0.2) is 4.79 Å². The third-order valence-electron chi connectivity index (χ3n) is 2.57. The van der Waals surface area contributed by atoms with Crippen LogP contribution in [0, 0.1) is 0 Å². The van der Waals surface area contributed by atoms with Crippen molar-refractivity contribution in [1.29, 1.82) is 0 Å². The molecule has 0 amide bonds. The number of hydrogen-bond donors (Lipinski definition) is 1. The summed E-state index contributed by atoms with van der Waals surface area (Å²) >= 11 is 3.49. The molecule has 0 bridgehead atoms. The zero-order chi connectivity index (χ0) is 9.00. The first-order valence-corrected chi connectivity index (χ1v) is 4.96. The Kier molecular flexibility index (Phi) is 1.28. The van der Waals surface area contributed by atoms with Crippen molar-refractivity contribution >= 4 is 27.0 Å². The number of benzene rings is 1. The van der Waals surface area contributed by atoms with Gasteiger partial charge in [-0.2, -0.15) is 0 Å². The van der Waals surface area contributed by atoms with Crippen LogP contribution in [0.5, 0.6) is 0 Å². The molecular weight excluding hydrogens is 232 g/mol. The highest BCUT2D eigenvalue weighted by Crippen LogP contribution is 2.29. The normalized spacial score (nSPS) is 14.2. The molecule has 0 aliphatic carbocycles. The molecule has 0 unspecified atom stereocenters. The third-order valence-corrected chi connectivity index (χ3v) is 3.31. The lowest BCUT2D eigenvalue weighted by atomic mass is 10.2. The van der Waals surface area contributed by atoms with E-state index >= 15 is 0 Å². The third kappa shape index (κ3) is 0.812. The average molecular weight is 239 g/mol. The molecule has 0 spiro atoms. The molecular formula is C9H7BrN2O. The molecule has 1 aromatic heterocycles. The molecule has 2 aromatic rings. The lowest BCUT2D eigenvalue weighted by Crippen LogP contribution is -2.14. The van der Waals surface area contributed by atoms with E-state index in [1.807, 2.05) is 12.1 Å². The summed E-state index contributed by atoms with van der Waals surface area (Å²) in [5.74, 6) is 0. The number of halogens is 1. The Hall–Kier alpha value is -1.03. The van der Waals surface area contributed by atoms with Gasteiger partial charge in [0.05, 0.1) is 11.0 Å². The SMILES string of the molecule is O=c1[nH]c2ccc(Br)c3c2n1CC3. The number of imidazole rings is 1. The van der Waals surface area contributed by atoms with Crippen LogP contribution in [-0.4, -0.2) is 9.55 Å². The van der Waals surface area contributed by atoms with E-state index in [4.69, 9.17) is 0 Å². The Morgan fingerprint density at radius 1 is 1.46 bits per heavy atom. The van der Waals surface area contributed by atoms with Gasteiger partial charge in [-0.1, -0.05) is 15.9 Å². The van der Waals surface area contributed by atoms with E-state index in [0.29, 0.717) is 0 Å². The molecule has 1 aliphatic heterocycles.